The number of hydrogen-bond donors (Lipinski definition) is 2. The van der Waals surface area contributed by atoms with Gasteiger partial charge in [0.1, 0.15) is 29.8 Å². The van der Waals surface area contributed by atoms with Crippen LogP contribution in [0, 0.1) is 5.92 Å². The van der Waals surface area contributed by atoms with E-state index >= 15 is 0 Å². The molecule has 2 aliphatic heterocycles. The fourth-order valence-corrected chi connectivity index (χ4v) is 4.94. The highest BCUT2D eigenvalue weighted by molar-refractivity contribution is 8.16. The summed E-state index contributed by atoms with van der Waals surface area (Å²) in [4.78, 5) is 14.0. The van der Waals surface area contributed by atoms with Crippen LogP contribution in [0.5, 0.6) is 11.5 Å². The Labute approximate surface area is 220 Å². The summed E-state index contributed by atoms with van der Waals surface area (Å²) in [5, 5.41) is 0. The fraction of sp³-hybridized carbons (Fsp3) is 0.519. The van der Waals surface area contributed by atoms with Crippen LogP contribution in [0.25, 0.3) is 0 Å². The molecule has 2 fully saturated rings. The van der Waals surface area contributed by atoms with E-state index in [2.05, 4.69) is 0 Å². The standard InChI is InChI=1S/C27H37NO8S/c1-27(2,3)36-26(29)28-14-12-25(13-15-28)35-24-10-6-21(7-11-24)17-32-23-8-4-20(5-9-23)16-22-18-33-37(30,31)34-19-22/h4-11,22,25,30-31H,12-19H2,1-3H3. The van der Waals surface area contributed by atoms with Crippen LogP contribution in [0.1, 0.15) is 44.7 Å². The predicted octanol–water partition coefficient (Wildman–Crippen LogP) is 5.83. The van der Waals surface area contributed by atoms with Crippen LogP contribution in [-0.2, 0) is 26.1 Å². The third-order valence-electron chi connectivity index (χ3n) is 6.09. The van der Waals surface area contributed by atoms with Crippen molar-refractivity contribution in [1.82, 2.24) is 4.90 Å². The Morgan fingerprint density at radius 3 is 2.11 bits per heavy atom. The number of amides is 1. The van der Waals surface area contributed by atoms with Gasteiger partial charge in [0.2, 0.25) is 11.2 Å². The molecular weight excluding hydrogens is 498 g/mol. The first-order chi connectivity index (χ1) is 17.5. The van der Waals surface area contributed by atoms with Gasteiger partial charge in [-0.15, -0.1) is 0 Å². The van der Waals surface area contributed by atoms with Crippen molar-refractivity contribution in [3.8, 4) is 11.5 Å². The molecule has 4 rings (SSSR count). The molecule has 10 heteroatoms. The Bertz CT molecular complexity index is 1000. The van der Waals surface area contributed by atoms with Crippen LogP contribution < -0.4 is 9.47 Å². The number of carbonyl (C=O) groups is 1. The number of benzene rings is 2. The van der Waals surface area contributed by atoms with Crippen molar-refractivity contribution in [3.63, 3.8) is 0 Å². The summed E-state index contributed by atoms with van der Waals surface area (Å²) in [6.45, 7) is 7.82. The number of rotatable bonds is 7. The molecule has 37 heavy (non-hydrogen) atoms. The van der Waals surface area contributed by atoms with Crippen molar-refractivity contribution < 1.29 is 36.5 Å². The van der Waals surface area contributed by atoms with Gasteiger partial charge in [0.05, 0.1) is 13.2 Å². The van der Waals surface area contributed by atoms with Crippen LogP contribution in [0.4, 0.5) is 4.79 Å². The molecule has 0 spiro atoms. The first-order valence-electron chi connectivity index (χ1n) is 12.6. The average molecular weight is 536 g/mol. The van der Waals surface area contributed by atoms with Crippen molar-refractivity contribution >= 4 is 17.2 Å². The van der Waals surface area contributed by atoms with Gasteiger partial charge in [-0.3, -0.25) is 17.5 Å². The van der Waals surface area contributed by atoms with E-state index < -0.39 is 16.8 Å². The SMILES string of the molecule is CC(C)(C)OC(=O)N1CCC(Oc2ccc(COc3ccc(CC4COS(O)(O)OC4)cc3)cc2)CC1. The van der Waals surface area contributed by atoms with Gasteiger partial charge in [-0.2, -0.15) is 0 Å². The van der Waals surface area contributed by atoms with E-state index in [1.165, 1.54) is 0 Å². The minimum Gasteiger partial charge on any atom is -0.490 e. The fourth-order valence-electron chi connectivity index (χ4n) is 4.13. The lowest BCUT2D eigenvalue weighted by Gasteiger charge is -2.33. The van der Waals surface area contributed by atoms with E-state index in [0.717, 1.165) is 41.9 Å². The van der Waals surface area contributed by atoms with Crippen LogP contribution >= 0.6 is 11.2 Å². The summed E-state index contributed by atoms with van der Waals surface area (Å²) in [7, 11) is 0. The van der Waals surface area contributed by atoms with E-state index in [0.29, 0.717) is 19.7 Å². The zero-order valence-electron chi connectivity index (χ0n) is 21.6. The number of ether oxygens (including phenoxy) is 3. The summed E-state index contributed by atoms with van der Waals surface area (Å²) in [6, 6.07) is 15.7. The van der Waals surface area contributed by atoms with Gasteiger partial charge in [0, 0.05) is 31.8 Å². The molecule has 2 aromatic rings. The van der Waals surface area contributed by atoms with Crippen molar-refractivity contribution in [2.24, 2.45) is 5.92 Å². The number of carbonyl (C=O) groups excluding carboxylic acids is 1. The lowest BCUT2D eigenvalue weighted by atomic mass is 10.0. The van der Waals surface area contributed by atoms with E-state index in [9.17, 15) is 13.9 Å². The number of nitrogens with zero attached hydrogens (tertiary/aromatic N) is 1. The highest BCUT2D eigenvalue weighted by Crippen LogP contribution is 2.45. The topological polar surface area (TPSA) is 107 Å². The summed E-state index contributed by atoms with van der Waals surface area (Å²) in [6.07, 6.45) is 2.07. The van der Waals surface area contributed by atoms with Crippen LogP contribution in [-0.4, -0.2) is 58.1 Å². The smallest absolute Gasteiger partial charge is 0.410 e. The van der Waals surface area contributed by atoms with Crippen LogP contribution in [0.15, 0.2) is 48.5 Å². The predicted molar refractivity (Wildman–Crippen MR) is 141 cm³/mol. The Kier molecular flexibility index (Phi) is 8.86. The lowest BCUT2D eigenvalue weighted by molar-refractivity contribution is 0.0126. The third-order valence-corrected chi connectivity index (χ3v) is 6.97. The summed E-state index contributed by atoms with van der Waals surface area (Å²) in [5.74, 6) is 1.65. The molecule has 0 aliphatic carbocycles. The monoisotopic (exact) mass is 535 g/mol. The van der Waals surface area contributed by atoms with Gasteiger partial charge < -0.3 is 19.1 Å². The molecule has 9 nitrogen and oxygen atoms in total. The van der Waals surface area contributed by atoms with Gasteiger partial charge in [-0.05, 0) is 62.6 Å². The third kappa shape index (κ3) is 8.79. The number of hydrogen-bond acceptors (Lipinski definition) is 8. The first kappa shape index (κ1) is 27.5. The second-order valence-electron chi connectivity index (χ2n) is 10.4. The van der Waals surface area contributed by atoms with Gasteiger partial charge in [0.15, 0.2) is 0 Å². The molecule has 1 amide bonds. The average Bonchev–Trinajstić information content (AvgIpc) is 2.85. The van der Waals surface area contributed by atoms with Crippen molar-refractivity contribution in [1.29, 1.82) is 0 Å². The largest absolute Gasteiger partial charge is 0.490 e. The zero-order valence-corrected chi connectivity index (χ0v) is 22.4. The van der Waals surface area contributed by atoms with Gasteiger partial charge in [-0.25, -0.2) is 4.79 Å². The lowest BCUT2D eigenvalue weighted by Crippen LogP contribution is -2.44. The summed E-state index contributed by atoms with van der Waals surface area (Å²) < 4.78 is 46.1. The van der Waals surface area contributed by atoms with Gasteiger partial charge in [0.25, 0.3) is 0 Å². The molecule has 204 valence electrons. The molecule has 2 aromatic carbocycles. The highest BCUT2D eigenvalue weighted by Gasteiger charge is 2.29. The van der Waals surface area contributed by atoms with E-state index in [1.54, 1.807) is 4.90 Å². The van der Waals surface area contributed by atoms with Crippen LogP contribution in [0.2, 0.25) is 0 Å². The minimum atomic E-state index is -3.31. The Morgan fingerprint density at radius 1 is 0.946 bits per heavy atom. The Morgan fingerprint density at radius 2 is 1.51 bits per heavy atom. The second-order valence-corrected chi connectivity index (χ2v) is 11.8. The molecular formula is C27H37NO8S. The van der Waals surface area contributed by atoms with Gasteiger partial charge in [-0.1, -0.05) is 24.3 Å². The van der Waals surface area contributed by atoms with E-state index in [1.807, 2.05) is 69.3 Å². The van der Waals surface area contributed by atoms with Gasteiger partial charge >= 0.3 is 6.09 Å². The minimum absolute atomic E-state index is 0.0714. The molecule has 2 aliphatic rings. The maximum atomic E-state index is 12.2. The second kappa shape index (κ2) is 11.9. The number of piperidine rings is 1. The maximum Gasteiger partial charge on any atom is 0.410 e. The molecule has 0 radical (unpaired) electrons. The molecule has 2 saturated heterocycles. The molecule has 0 unspecified atom stereocenters. The Hall–Kier alpha value is -2.50. The molecule has 0 bridgehead atoms. The molecule has 2 heterocycles. The first-order valence-corrected chi connectivity index (χ1v) is 14.0. The van der Waals surface area contributed by atoms with Crippen molar-refractivity contribution in [3.05, 3.63) is 59.7 Å². The maximum absolute atomic E-state index is 12.2. The molecule has 0 atom stereocenters. The number of likely N-dealkylation sites (tertiary alicyclic amines) is 1. The van der Waals surface area contributed by atoms with Crippen molar-refractivity contribution in [2.75, 3.05) is 26.3 Å². The quantitative estimate of drug-likeness (QED) is 0.456. The molecule has 2 N–H and O–H groups in total. The zero-order chi connectivity index (χ0) is 26.5. The molecule has 0 aromatic heterocycles. The van der Waals surface area contributed by atoms with E-state index in [4.69, 9.17) is 22.6 Å². The highest BCUT2D eigenvalue weighted by atomic mass is 32.3. The normalized spacial score (nSPS) is 19.8. The Balaban J connectivity index is 1.17. The summed E-state index contributed by atoms with van der Waals surface area (Å²) in [5.41, 5.74) is 1.64. The van der Waals surface area contributed by atoms with E-state index in [-0.39, 0.29) is 31.3 Å². The molecule has 0 saturated carbocycles. The van der Waals surface area contributed by atoms with Crippen LogP contribution in [0.3, 0.4) is 0 Å². The van der Waals surface area contributed by atoms with Crippen molar-refractivity contribution in [2.45, 2.75) is 58.3 Å². The summed E-state index contributed by atoms with van der Waals surface area (Å²) >= 11 is -3.31.